The predicted molar refractivity (Wildman–Crippen MR) is 67.1 cm³/mol. The molecule has 0 spiro atoms. The average molecular weight is 231 g/mol. The molecule has 2 rings (SSSR count). The van der Waals surface area contributed by atoms with Crippen molar-refractivity contribution in [3.63, 3.8) is 0 Å². The zero-order chi connectivity index (χ0) is 12.3. The SMILES string of the molecule is Cc1ccncc1CNc1ccc(N)cc1F. The summed E-state index contributed by atoms with van der Waals surface area (Å²) in [5.74, 6) is -0.341. The molecule has 0 saturated heterocycles. The Labute approximate surface area is 99.5 Å². The van der Waals surface area contributed by atoms with Crippen molar-refractivity contribution in [2.24, 2.45) is 0 Å². The minimum absolute atomic E-state index is 0.341. The molecule has 3 N–H and O–H groups in total. The summed E-state index contributed by atoms with van der Waals surface area (Å²) < 4.78 is 13.5. The molecule has 0 aliphatic carbocycles. The molecule has 4 heteroatoms. The molecule has 1 heterocycles. The first kappa shape index (κ1) is 11.4. The highest BCUT2D eigenvalue weighted by Gasteiger charge is 2.03. The molecule has 0 aliphatic rings. The second-order valence-electron chi connectivity index (χ2n) is 3.89. The van der Waals surface area contributed by atoms with E-state index in [-0.39, 0.29) is 5.82 Å². The standard InChI is InChI=1S/C13H14FN3/c1-9-4-5-16-7-10(9)8-17-13-3-2-11(15)6-12(13)14/h2-7,17H,8,15H2,1H3. The Hall–Kier alpha value is -2.10. The second kappa shape index (κ2) is 4.82. The third-order valence-corrected chi connectivity index (χ3v) is 2.61. The number of nitrogens with one attached hydrogen (secondary N) is 1. The summed E-state index contributed by atoms with van der Waals surface area (Å²) in [6, 6.07) is 6.53. The number of nitrogens with two attached hydrogens (primary N) is 1. The Morgan fingerprint density at radius 1 is 1.35 bits per heavy atom. The van der Waals surface area contributed by atoms with Crippen molar-refractivity contribution in [2.75, 3.05) is 11.1 Å². The highest BCUT2D eigenvalue weighted by molar-refractivity contribution is 5.52. The Bertz CT molecular complexity index is 526. The van der Waals surface area contributed by atoms with Crippen LogP contribution in [0.1, 0.15) is 11.1 Å². The number of hydrogen-bond acceptors (Lipinski definition) is 3. The van der Waals surface area contributed by atoms with Crippen LogP contribution in [0.2, 0.25) is 0 Å². The maximum Gasteiger partial charge on any atom is 0.148 e. The van der Waals surface area contributed by atoms with Crippen LogP contribution in [0.4, 0.5) is 15.8 Å². The van der Waals surface area contributed by atoms with Gasteiger partial charge in [0, 0.05) is 24.6 Å². The van der Waals surface area contributed by atoms with E-state index in [0.717, 1.165) is 11.1 Å². The first-order valence-electron chi connectivity index (χ1n) is 5.35. The van der Waals surface area contributed by atoms with Gasteiger partial charge >= 0.3 is 0 Å². The zero-order valence-electron chi connectivity index (χ0n) is 9.57. The zero-order valence-corrected chi connectivity index (χ0v) is 9.57. The van der Waals surface area contributed by atoms with Crippen LogP contribution in [-0.2, 0) is 6.54 Å². The third-order valence-electron chi connectivity index (χ3n) is 2.61. The van der Waals surface area contributed by atoms with Gasteiger partial charge in [-0.25, -0.2) is 4.39 Å². The largest absolute Gasteiger partial charge is 0.399 e. The lowest BCUT2D eigenvalue weighted by Gasteiger charge is -2.09. The molecule has 0 radical (unpaired) electrons. The van der Waals surface area contributed by atoms with Gasteiger partial charge in [-0.15, -0.1) is 0 Å². The van der Waals surface area contributed by atoms with E-state index in [2.05, 4.69) is 10.3 Å². The minimum Gasteiger partial charge on any atom is -0.399 e. The van der Waals surface area contributed by atoms with Crippen molar-refractivity contribution < 1.29 is 4.39 Å². The Morgan fingerprint density at radius 2 is 2.18 bits per heavy atom. The highest BCUT2D eigenvalue weighted by Crippen LogP contribution is 2.18. The van der Waals surface area contributed by atoms with Crippen LogP contribution in [0.5, 0.6) is 0 Å². The van der Waals surface area contributed by atoms with Gasteiger partial charge in [0.15, 0.2) is 0 Å². The predicted octanol–water partition coefficient (Wildman–Crippen LogP) is 2.72. The summed E-state index contributed by atoms with van der Waals surface area (Å²) in [5, 5.41) is 3.03. The van der Waals surface area contributed by atoms with Crippen LogP contribution in [0, 0.1) is 12.7 Å². The van der Waals surface area contributed by atoms with E-state index in [4.69, 9.17) is 5.73 Å². The lowest BCUT2D eigenvalue weighted by Crippen LogP contribution is -2.03. The minimum atomic E-state index is -0.341. The van der Waals surface area contributed by atoms with Crippen molar-refractivity contribution >= 4 is 11.4 Å². The van der Waals surface area contributed by atoms with Crippen molar-refractivity contribution in [1.29, 1.82) is 0 Å². The van der Waals surface area contributed by atoms with Gasteiger partial charge in [-0.1, -0.05) is 0 Å². The second-order valence-corrected chi connectivity index (χ2v) is 3.89. The van der Waals surface area contributed by atoms with Crippen LogP contribution in [0.15, 0.2) is 36.7 Å². The molecule has 17 heavy (non-hydrogen) atoms. The lowest BCUT2D eigenvalue weighted by atomic mass is 10.1. The number of rotatable bonds is 3. The van der Waals surface area contributed by atoms with Gasteiger partial charge in [0.1, 0.15) is 5.82 Å². The van der Waals surface area contributed by atoms with E-state index in [1.807, 2.05) is 13.0 Å². The van der Waals surface area contributed by atoms with Crippen molar-refractivity contribution in [1.82, 2.24) is 4.98 Å². The number of nitrogen functional groups attached to an aromatic ring is 1. The van der Waals surface area contributed by atoms with Gasteiger partial charge < -0.3 is 11.1 Å². The van der Waals surface area contributed by atoms with Crippen LogP contribution in [0.25, 0.3) is 0 Å². The summed E-state index contributed by atoms with van der Waals surface area (Å²) in [4.78, 5) is 4.04. The molecule has 88 valence electrons. The average Bonchev–Trinajstić information content (AvgIpc) is 2.30. The highest BCUT2D eigenvalue weighted by atomic mass is 19.1. The molecular weight excluding hydrogens is 217 g/mol. The Balaban J connectivity index is 2.10. The lowest BCUT2D eigenvalue weighted by molar-refractivity contribution is 0.630. The first-order valence-corrected chi connectivity index (χ1v) is 5.35. The van der Waals surface area contributed by atoms with Crippen LogP contribution in [0.3, 0.4) is 0 Å². The number of aryl methyl sites for hydroxylation is 1. The molecule has 0 aliphatic heterocycles. The molecule has 0 fully saturated rings. The first-order chi connectivity index (χ1) is 8.16. The summed E-state index contributed by atoms with van der Waals surface area (Å²) in [5.41, 5.74) is 8.52. The van der Waals surface area contributed by atoms with E-state index in [9.17, 15) is 4.39 Å². The summed E-state index contributed by atoms with van der Waals surface area (Å²) in [6.07, 6.45) is 3.51. The van der Waals surface area contributed by atoms with Gasteiger partial charge in [0.25, 0.3) is 0 Å². The molecule has 1 aromatic heterocycles. The normalized spacial score (nSPS) is 10.2. The molecule has 2 aromatic rings. The maximum atomic E-state index is 13.5. The van der Waals surface area contributed by atoms with Gasteiger partial charge in [0.05, 0.1) is 5.69 Å². The molecule has 0 amide bonds. The molecule has 0 bridgehead atoms. The Morgan fingerprint density at radius 3 is 2.88 bits per heavy atom. The van der Waals surface area contributed by atoms with Crippen LogP contribution in [-0.4, -0.2) is 4.98 Å². The van der Waals surface area contributed by atoms with Gasteiger partial charge in [-0.2, -0.15) is 0 Å². The molecule has 1 aromatic carbocycles. The monoisotopic (exact) mass is 231 g/mol. The summed E-state index contributed by atoms with van der Waals surface area (Å²) >= 11 is 0. The fourth-order valence-corrected chi connectivity index (χ4v) is 1.55. The van der Waals surface area contributed by atoms with E-state index in [1.165, 1.54) is 6.07 Å². The fraction of sp³-hybridized carbons (Fsp3) is 0.154. The number of benzene rings is 1. The van der Waals surface area contributed by atoms with Crippen molar-refractivity contribution in [2.45, 2.75) is 13.5 Å². The number of pyridine rings is 1. The summed E-state index contributed by atoms with van der Waals surface area (Å²) in [6.45, 7) is 2.54. The third kappa shape index (κ3) is 2.72. The molecule has 0 unspecified atom stereocenters. The van der Waals surface area contributed by atoms with Crippen LogP contribution >= 0.6 is 0 Å². The molecule has 0 atom stereocenters. The number of hydrogen-bond donors (Lipinski definition) is 2. The summed E-state index contributed by atoms with van der Waals surface area (Å²) in [7, 11) is 0. The number of aromatic nitrogens is 1. The molecule has 3 nitrogen and oxygen atoms in total. The molecular formula is C13H14FN3. The van der Waals surface area contributed by atoms with Gasteiger partial charge in [-0.05, 0) is 42.3 Å². The van der Waals surface area contributed by atoms with Crippen molar-refractivity contribution in [3.05, 3.63) is 53.6 Å². The van der Waals surface area contributed by atoms with Gasteiger partial charge in [0.2, 0.25) is 0 Å². The van der Waals surface area contributed by atoms with Crippen LogP contribution < -0.4 is 11.1 Å². The maximum absolute atomic E-state index is 13.5. The van der Waals surface area contributed by atoms with E-state index < -0.39 is 0 Å². The number of anilines is 2. The fourth-order valence-electron chi connectivity index (χ4n) is 1.55. The van der Waals surface area contributed by atoms with Crippen molar-refractivity contribution in [3.8, 4) is 0 Å². The molecule has 0 saturated carbocycles. The topological polar surface area (TPSA) is 50.9 Å². The van der Waals surface area contributed by atoms with E-state index in [1.54, 1.807) is 24.5 Å². The quantitative estimate of drug-likeness (QED) is 0.798. The smallest absolute Gasteiger partial charge is 0.148 e. The Kier molecular flexibility index (Phi) is 3.23. The van der Waals surface area contributed by atoms with E-state index in [0.29, 0.717) is 17.9 Å². The number of nitrogens with zero attached hydrogens (tertiary/aromatic N) is 1. The van der Waals surface area contributed by atoms with E-state index >= 15 is 0 Å². The van der Waals surface area contributed by atoms with Gasteiger partial charge in [-0.3, -0.25) is 4.98 Å². The number of halogens is 1.